The van der Waals surface area contributed by atoms with Gasteiger partial charge in [-0.15, -0.1) is 0 Å². The molecule has 0 atom stereocenters. The van der Waals surface area contributed by atoms with Gasteiger partial charge in [0.05, 0.1) is 11.4 Å². The predicted molar refractivity (Wildman–Crippen MR) is 89.5 cm³/mol. The fourth-order valence-electron chi connectivity index (χ4n) is 2.34. The van der Waals surface area contributed by atoms with Crippen LogP contribution in [0.25, 0.3) is 0 Å². The number of anilines is 2. The van der Waals surface area contributed by atoms with Crippen molar-refractivity contribution in [2.75, 3.05) is 23.7 Å². The first-order chi connectivity index (χ1) is 11.2. The minimum Gasteiger partial charge on any atom is -0.384 e. The van der Waals surface area contributed by atoms with Crippen LogP contribution in [0.3, 0.4) is 0 Å². The van der Waals surface area contributed by atoms with E-state index in [1.165, 1.54) is 12.8 Å². The molecule has 2 amide bonds. The molecule has 23 heavy (non-hydrogen) atoms. The van der Waals surface area contributed by atoms with Gasteiger partial charge in [-0.05, 0) is 31.4 Å². The number of nitrogens with one attached hydrogen (secondary N) is 3. The number of carbonyl (C=O) groups is 1. The molecule has 3 rings (SSSR count). The molecule has 0 spiro atoms. The number of carbonyl (C=O) groups excluding carboxylic acids is 1. The van der Waals surface area contributed by atoms with Crippen molar-refractivity contribution in [1.82, 2.24) is 20.1 Å². The van der Waals surface area contributed by atoms with E-state index in [2.05, 4.69) is 26.0 Å². The first-order valence-electron chi connectivity index (χ1n) is 7.95. The lowest BCUT2D eigenvalue weighted by Crippen LogP contribution is -2.31. The highest BCUT2D eigenvalue weighted by molar-refractivity contribution is 5.88. The van der Waals surface area contributed by atoms with Gasteiger partial charge in [0.2, 0.25) is 0 Å². The zero-order valence-corrected chi connectivity index (χ0v) is 13.2. The monoisotopic (exact) mass is 314 g/mol. The van der Waals surface area contributed by atoms with Crippen molar-refractivity contribution in [3.05, 3.63) is 36.3 Å². The summed E-state index contributed by atoms with van der Waals surface area (Å²) < 4.78 is 1.72. The predicted octanol–water partition coefficient (Wildman–Crippen LogP) is 2.32. The van der Waals surface area contributed by atoms with Crippen molar-refractivity contribution in [1.29, 1.82) is 0 Å². The van der Waals surface area contributed by atoms with Crippen LogP contribution in [0.5, 0.6) is 0 Å². The average Bonchev–Trinajstić information content (AvgIpc) is 3.33. The maximum atomic E-state index is 11.9. The third-order valence-corrected chi connectivity index (χ3v) is 3.77. The fraction of sp³-hybridized carbons (Fsp3) is 0.438. The molecule has 1 saturated carbocycles. The molecule has 7 heteroatoms. The maximum Gasteiger partial charge on any atom is 0.320 e. The summed E-state index contributed by atoms with van der Waals surface area (Å²) in [6.45, 7) is 1.38. The van der Waals surface area contributed by atoms with Gasteiger partial charge in [-0.2, -0.15) is 5.10 Å². The number of urea groups is 1. The van der Waals surface area contributed by atoms with Crippen molar-refractivity contribution in [3.63, 3.8) is 0 Å². The van der Waals surface area contributed by atoms with Crippen molar-refractivity contribution >= 4 is 17.5 Å². The molecule has 2 aromatic heterocycles. The molecule has 3 N–H and O–H groups in total. The normalized spacial score (nSPS) is 13.6. The topological polar surface area (TPSA) is 83.9 Å². The molecule has 2 aromatic rings. The van der Waals surface area contributed by atoms with Crippen molar-refractivity contribution in [2.24, 2.45) is 7.05 Å². The number of amides is 2. The van der Waals surface area contributed by atoms with Crippen molar-refractivity contribution in [3.8, 4) is 0 Å². The summed E-state index contributed by atoms with van der Waals surface area (Å²) >= 11 is 0. The van der Waals surface area contributed by atoms with Gasteiger partial charge < -0.3 is 10.6 Å². The van der Waals surface area contributed by atoms with Crippen LogP contribution in [0.2, 0.25) is 0 Å². The summed E-state index contributed by atoms with van der Waals surface area (Å²) in [7, 11) is 1.85. The Hall–Kier alpha value is -2.57. The summed E-state index contributed by atoms with van der Waals surface area (Å²) in [6, 6.07) is 5.61. The minimum atomic E-state index is -0.197. The van der Waals surface area contributed by atoms with E-state index in [-0.39, 0.29) is 6.03 Å². The van der Waals surface area contributed by atoms with Crippen LogP contribution in [0, 0.1) is 0 Å². The maximum absolute atomic E-state index is 11.9. The summed E-state index contributed by atoms with van der Waals surface area (Å²) in [6.07, 6.45) is 6.75. The van der Waals surface area contributed by atoms with Gasteiger partial charge >= 0.3 is 6.03 Å². The van der Waals surface area contributed by atoms with E-state index >= 15 is 0 Å². The van der Waals surface area contributed by atoms with Crippen LogP contribution in [0.15, 0.2) is 30.6 Å². The first-order valence-corrected chi connectivity index (χ1v) is 7.95. The number of rotatable bonds is 7. The van der Waals surface area contributed by atoms with Crippen LogP contribution < -0.4 is 16.0 Å². The molecule has 0 radical (unpaired) electrons. The summed E-state index contributed by atoms with van der Waals surface area (Å²) in [5.41, 5.74) is 2.06. The van der Waals surface area contributed by atoms with Crippen molar-refractivity contribution in [2.45, 2.75) is 25.2 Å². The number of pyridine rings is 1. The highest BCUT2D eigenvalue weighted by Crippen LogP contribution is 2.39. The van der Waals surface area contributed by atoms with Crippen LogP contribution in [0.4, 0.5) is 16.3 Å². The van der Waals surface area contributed by atoms with E-state index in [4.69, 9.17) is 0 Å². The SMILES string of the molecule is Cn1nc(C2CC2)cc1NC(=O)NCCCNc1cccnc1. The molecular formula is C16H22N6O. The molecule has 1 aliphatic carbocycles. The second-order valence-corrected chi connectivity index (χ2v) is 5.76. The molecule has 2 heterocycles. The molecule has 0 saturated heterocycles. The van der Waals surface area contributed by atoms with E-state index in [0.717, 1.165) is 30.2 Å². The quantitative estimate of drug-likeness (QED) is 0.685. The molecule has 1 aliphatic rings. The van der Waals surface area contributed by atoms with Crippen LogP contribution in [-0.2, 0) is 7.05 Å². The van der Waals surface area contributed by atoms with Crippen molar-refractivity contribution < 1.29 is 4.79 Å². The lowest BCUT2D eigenvalue weighted by molar-refractivity contribution is 0.252. The summed E-state index contributed by atoms with van der Waals surface area (Å²) in [4.78, 5) is 15.9. The van der Waals surface area contributed by atoms with E-state index in [0.29, 0.717) is 12.5 Å². The number of hydrogen-bond donors (Lipinski definition) is 3. The Morgan fingerprint density at radius 1 is 1.39 bits per heavy atom. The highest BCUT2D eigenvalue weighted by Gasteiger charge is 2.27. The summed E-state index contributed by atoms with van der Waals surface area (Å²) in [5.74, 6) is 1.32. The smallest absolute Gasteiger partial charge is 0.320 e. The lowest BCUT2D eigenvalue weighted by atomic mass is 10.3. The van der Waals surface area contributed by atoms with Gasteiger partial charge in [0.15, 0.2) is 0 Å². The fourth-order valence-corrected chi connectivity index (χ4v) is 2.34. The Balaban J connectivity index is 1.35. The third kappa shape index (κ3) is 4.45. The Labute approximate surface area is 135 Å². The van der Waals surface area contributed by atoms with E-state index in [1.54, 1.807) is 17.1 Å². The molecule has 0 unspecified atom stereocenters. The Morgan fingerprint density at radius 3 is 3.00 bits per heavy atom. The first kappa shape index (κ1) is 15.3. The van der Waals surface area contributed by atoms with Crippen LogP contribution >= 0.6 is 0 Å². The second kappa shape index (κ2) is 7.13. The van der Waals surface area contributed by atoms with Gasteiger partial charge in [0.1, 0.15) is 5.82 Å². The van der Waals surface area contributed by atoms with E-state index < -0.39 is 0 Å². The largest absolute Gasteiger partial charge is 0.384 e. The van der Waals surface area contributed by atoms with E-state index in [9.17, 15) is 4.79 Å². The number of aryl methyl sites for hydroxylation is 1. The van der Waals surface area contributed by atoms with Gasteiger partial charge in [0, 0.05) is 44.5 Å². The molecule has 0 bridgehead atoms. The van der Waals surface area contributed by atoms with Crippen LogP contribution in [0.1, 0.15) is 30.9 Å². The number of aromatic nitrogens is 3. The molecular weight excluding hydrogens is 292 g/mol. The van der Waals surface area contributed by atoms with Crippen LogP contribution in [-0.4, -0.2) is 33.9 Å². The van der Waals surface area contributed by atoms with Gasteiger partial charge in [-0.1, -0.05) is 0 Å². The Morgan fingerprint density at radius 2 is 2.26 bits per heavy atom. The van der Waals surface area contributed by atoms with Gasteiger partial charge in [-0.25, -0.2) is 4.79 Å². The third-order valence-electron chi connectivity index (χ3n) is 3.77. The molecule has 122 valence electrons. The Bertz CT molecular complexity index is 650. The zero-order valence-electron chi connectivity index (χ0n) is 13.2. The highest BCUT2D eigenvalue weighted by atomic mass is 16.2. The average molecular weight is 314 g/mol. The zero-order chi connectivity index (χ0) is 16.1. The number of nitrogens with zero attached hydrogens (tertiary/aromatic N) is 3. The standard InChI is InChI=1S/C16H22N6O/c1-22-15(10-14(21-22)12-5-6-12)20-16(23)19-9-3-8-18-13-4-2-7-17-11-13/h2,4,7,10-12,18H,3,5-6,8-9H2,1H3,(H2,19,20,23). The second-order valence-electron chi connectivity index (χ2n) is 5.76. The molecule has 7 nitrogen and oxygen atoms in total. The lowest BCUT2D eigenvalue weighted by Gasteiger charge is -2.08. The van der Waals surface area contributed by atoms with Gasteiger partial charge in [-0.3, -0.25) is 15.0 Å². The minimum absolute atomic E-state index is 0.197. The molecule has 0 aromatic carbocycles. The molecule has 1 fully saturated rings. The van der Waals surface area contributed by atoms with E-state index in [1.807, 2.05) is 25.2 Å². The molecule has 0 aliphatic heterocycles. The number of hydrogen-bond acceptors (Lipinski definition) is 4. The van der Waals surface area contributed by atoms with Gasteiger partial charge in [0.25, 0.3) is 0 Å². The summed E-state index contributed by atoms with van der Waals surface area (Å²) in [5, 5.41) is 13.4. The Kier molecular flexibility index (Phi) is 4.75.